The largest absolute Gasteiger partial charge is 0.468 e. The average molecular weight is 293 g/mol. The highest BCUT2D eigenvalue weighted by Crippen LogP contribution is 2.23. The molecule has 0 aliphatic heterocycles. The van der Waals surface area contributed by atoms with Crippen LogP contribution in [0, 0.1) is 10.1 Å². The monoisotopic (exact) mass is 292 g/mol. The molecule has 1 unspecified atom stereocenters. The van der Waals surface area contributed by atoms with Gasteiger partial charge in [0, 0.05) is 12.6 Å². The highest BCUT2D eigenvalue weighted by Gasteiger charge is 2.19. The van der Waals surface area contributed by atoms with Gasteiger partial charge in [-0.1, -0.05) is 11.3 Å². The second-order valence-corrected chi connectivity index (χ2v) is 4.68. The van der Waals surface area contributed by atoms with Crippen molar-refractivity contribution in [3.8, 4) is 0 Å². The van der Waals surface area contributed by atoms with E-state index in [1.165, 1.54) is 19.2 Å². The zero-order valence-electron chi connectivity index (χ0n) is 9.21. The fourth-order valence-electron chi connectivity index (χ4n) is 1.03. The first kappa shape index (κ1) is 14.4. The summed E-state index contributed by atoms with van der Waals surface area (Å²) in [6, 6.07) is 2.57. The number of halogens is 1. The number of nitro groups is 1. The van der Waals surface area contributed by atoms with Crippen LogP contribution in [-0.4, -0.2) is 35.8 Å². The maximum absolute atomic E-state index is 11.6. The van der Waals surface area contributed by atoms with E-state index in [4.69, 9.17) is 11.6 Å². The van der Waals surface area contributed by atoms with Gasteiger partial charge in [-0.3, -0.25) is 19.7 Å². The van der Waals surface area contributed by atoms with Crippen LogP contribution in [0.15, 0.2) is 12.1 Å². The number of thiophene rings is 1. The summed E-state index contributed by atoms with van der Waals surface area (Å²) in [6.45, 7) is -0.112. The van der Waals surface area contributed by atoms with Crippen LogP contribution in [0.3, 0.4) is 0 Å². The number of methoxy groups -OCH3 is 1. The SMILES string of the molecule is COC(=O)C(Cl)CNC(=O)c1ccc([N+](=O)[O-])s1. The fourth-order valence-corrected chi connectivity index (χ4v) is 1.93. The van der Waals surface area contributed by atoms with Gasteiger partial charge in [-0.25, -0.2) is 0 Å². The molecule has 1 aromatic heterocycles. The molecule has 1 amide bonds. The lowest BCUT2D eigenvalue weighted by atomic mass is 10.4. The second kappa shape index (κ2) is 6.31. The van der Waals surface area contributed by atoms with E-state index in [0.29, 0.717) is 0 Å². The molecule has 98 valence electrons. The third-order valence-electron chi connectivity index (χ3n) is 1.89. The fraction of sp³-hybridized carbons (Fsp3) is 0.333. The van der Waals surface area contributed by atoms with E-state index < -0.39 is 22.2 Å². The number of amides is 1. The van der Waals surface area contributed by atoms with E-state index in [1.807, 2.05) is 0 Å². The molecule has 1 heterocycles. The first-order valence-corrected chi connectivity index (χ1v) is 5.95. The van der Waals surface area contributed by atoms with Crippen LogP contribution < -0.4 is 5.32 Å². The molecule has 1 atom stereocenters. The Kier molecular flexibility index (Phi) is 5.05. The Balaban J connectivity index is 2.55. The van der Waals surface area contributed by atoms with E-state index >= 15 is 0 Å². The van der Waals surface area contributed by atoms with Crippen molar-refractivity contribution in [2.45, 2.75) is 5.38 Å². The smallest absolute Gasteiger partial charge is 0.325 e. The Morgan fingerprint density at radius 1 is 1.61 bits per heavy atom. The maximum atomic E-state index is 11.6. The van der Waals surface area contributed by atoms with Crippen molar-refractivity contribution >= 4 is 39.8 Å². The number of nitrogens with one attached hydrogen (secondary N) is 1. The normalized spacial score (nSPS) is 11.7. The Hall–Kier alpha value is -1.67. The van der Waals surface area contributed by atoms with E-state index in [-0.39, 0.29) is 16.4 Å². The zero-order valence-corrected chi connectivity index (χ0v) is 10.8. The molecule has 18 heavy (non-hydrogen) atoms. The highest BCUT2D eigenvalue weighted by atomic mass is 35.5. The lowest BCUT2D eigenvalue weighted by molar-refractivity contribution is -0.380. The van der Waals surface area contributed by atoms with Crippen molar-refractivity contribution in [2.24, 2.45) is 0 Å². The van der Waals surface area contributed by atoms with Crippen molar-refractivity contribution in [1.29, 1.82) is 0 Å². The average Bonchev–Trinajstić information content (AvgIpc) is 2.84. The summed E-state index contributed by atoms with van der Waals surface area (Å²) in [7, 11) is 1.18. The molecule has 0 saturated carbocycles. The molecule has 9 heteroatoms. The molecule has 0 aliphatic carbocycles. The molecular formula is C9H9ClN2O5S. The number of carbonyl (C=O) groups is 2. The minimum absolute atomic E-state index is 0.112. The number of esters is 1. The van der Waals surface area contributed by atoms with Gasteiger partial charge >= 0.3 is 11.0 Å². The summed E-state index contributed by atoms with van der Waals surface area (Å²) >= 11 is 6.37. The van der Waals surface area contributed by atoms with Crippen LogP contribution in [-0.2, 0) is 9.53 Å². The third-order valence-corrected chi connectivity index (χ3v) is 3.26. The predicted octanol–water partition coefficient (Wildman–Crippen LogP) is 1.17. The molecule has 7 nitrogen and oxygen atoms in total. The Morgan fingerprint density at radius 3 is 2.78 bits per heavy atom. The number of rotatable bonds is 5. The van der Waals surface area contributed by atoms with Crippen molar-refractivity contribution in [3.63, 3.8) is 0 Å². The third kappa shape index (κ3) is 3.67. The van der Waals surface area contributed by atoms with Crippen molar-refractivity contribution in [3.05, 3.63) is 27.1 Å². The molecule has 0 aromatic carbocycles. The Bertz CT molecular complexity index is 475. The van der Waals surface area contributed by atoms with Gasteiger partial charge in [-0.2, -0.15) is 0 Å². The van der Waals surface area contributed by atoms with Crippen LogP contribution in [0.5, 0.6) is 0 Å². The summed E-state index contributed by atoms with van der Waals surface area (Å²) in [5.74, 6) is -1.18. The van der Waals surface area contributed by atoms with Crippen LogP contribution in [0.25, 0.3) is 0 Å². The second-order valence-electron chi connectivity index (χ2n) is 3.10. The predicted molar refractivity (Wildman–Crippen MR) is 65.0 cm³/mol. The lowest BCUT2D eigenvalue weighted by Gasteiger charge is -2.07. The van der Waals surface area contributed by atoms with Gasteiger partial charge in [0.1, 0.15) is 5.38 Å². The van der Waals surface area contributed by atoms with Crippen LogP contribution in [0.2, 0.25) is 0 Å². The van der Waals surface area contributed by atoms with E-state index in [1.54, 1.807) is 0 Å². The van der Waals surface area contributed by atoms with Gasteiger partial charge in [-0.15, -0.1) is 11.6 Å². The van der Waals surface area contributed by atoms with Crippen LogP contribution in [0.1, 0.15) is 9.67 Å². The number of carbonyl (C=O) groups excluding carboxylic acids is 2. The lowest BCUT2D eigenvalue weighted by Crippen LogP contribution is -2.33. The van der Waals surface area contributed by atoms with Crippen LogP contribution >= 0.6 is 22.9 Å². The maximum Gasteiger partial charge on any atom is 0.325 e. The molecular weight excluding hydrogens is 284 g/mol. The van der Waals surface area contributed by atoms with Gasteiger partial charge in [-0.05, 0) is 6.07 Å². The Morgan fingerprint density at radius 2 is 2.28 bits per heavy atom. The van der Waals surface area contributed by atoms with Gasteiger partial charge in [0.25, 0.3) is 5.91 Å². The van der Waals surface area contributed by atoms with Gasteiger partial charge in [0.2, 0.25) is 0 Å². The van der Waals surface area contributed by atoms with Gasteiger partial charge < -0.3 is 10.1 Å². The topological polar surface area (TPSA) is 98.5 Å². The number of ether oxygens (including phenoxy) is 1. The minimum Gasteiger partial charge on any atom is -0.468 e. The summed E-state index contributed by atoms with van der Waals surface area (Å²) in [4.78, 5) is 32.6. The molecule has 1 N–H and O–H groups in total. The number of hydrogen-bond acceptors (Lipinski definition) is 6. The molecule has 0 spiro atoms. The van der Waals surface area contributed by atoms with Crippen molar-refractivity contribution in [2.75, 3.05) is 13.7 Å². The molecule has 1 rings (SSSR count). The molecule has 0 bridgehead atoms. The summed E-state index contributed by atoms with van der Waals surface area (Å²) in [5.41, 5.74) is 0. The molecule has 0 fully saturated rings. The summed E-state index contributed by atoms with van der Waals surface area (Å²) in [6.07, 6.45) is 0. The van der Waals surface area contributed by atoms with Crippen LogP contribution in [0.4, 0.5) is 5.00 Å². The molecule has 0 aliphatic rings. The molecule has 1 aromatic rings. The highest BCUT2D eigenvalue weighted by molar-refractivity contribution is 7.17. The van der Waals surface area contributed by atoms with Crippen molar-refractivity contribution in [1.82, 2.24) is 5.32 Å². The zero-order chi connectivity index (χ0) is 13.7. The summed E-state index contributed by atoms with van der Waals surface area (Å²) < 4.78 is 4.38. The Labute approximate surface area is 111 Å². The van der Waals surface area contributed by atoms with E-state index in [0.717, 1.165) is 11.3 Å². The molecule has 0 radical (unpaired) electrons. The number of alkyl halides is 1. The number of nitrogens with zero attached hydrogens (tertiary/aromatic N) is 1. The van der Waals surface area contributed by atoms with Gasteiger partial charge in [0.05, 0.1) is 16.9 Å². The van der Waals surface area contributed by atoms with E-state index in [2.05, 4.69) is 10.1 Å². The standard InChI is InChI=1S/C9H9ClN2O5S/c1-17-9(14)5(10)4-11-8(13)6-2-3-7(18-6)12(15)16/h2-3,5H,4H2,1H3,(H,11,13). The first-order valence-electron chi connectivity index (χ1n) is 4.70. The number of hydrogen-bond donors (Lipinski definition) is 1. The molecule has 0 saturated heterocycles. The quantitative estimate of drug-likeness (QED) is 0.380. The van der Waals surface area contributed by atoms with Crippen molar-refractivity contribution < 1.29 is 19.2 Å². The van der Waals surface area contributed by atoms with E-state index in [9.17, 15) is 19.7 Å². The minimum atomic E-state index is -0.992. The van der Waals surface area contributed by atoms with Gasteiger partial charge in [0.15, 0.2) is 0 Å². The summed E-state index contributed by atoms with van der Waals surface area (Å²) in [5, 5.41) is 11.7. The first-order chi connectivity index (χ1) is 8.45.